The Kier molecular flexibility index (Phi) is 5.57. The van der Waals surface area contributed by atoms with Crippen LogP contribution in [0.2, 0.25) is 0 Å². The van der Waals surface area contributed by atoms with E-state index < -0.39 is 11.4 Å². The Bertz CT molecular complexity index is 497. The zero-order chi connectivity index (χ0) is 16.0. The number of rotatable bonds is 7. The molecular weight excluding hydrogens is 282 g/mol. The molecule has 6 nitrogen and oxygen atoms in total. The summed E-state index contributed by atoms with van der Waals surface area (Å²) >= 11 is 0. The fraction of sp³-hybridized carbons (Fsp3) is 0.688. The predicted octanol–water partition coefficient (Wildman–Crippen LogP) is 2.23. The van der Waals surface area contributed by atoms with Crippen molar-refractivity contribution in [2.45, 2.75) is 51.9 Å². The quantitative estimate of drug-likeness (QED) is 0.808. The van der Waals surface area contributed by atoms with E-state index >= 15 is 0 Å². The molecule has 2 N–H and O–H groups in total. The van der Waals surface area contributed by atoms with Crippen molar-refractivity contribution in [3.8, 4) is 0 Å². The highest BCUT2D eigenvalue weighted by Gasteiger charge is 2.42. The zero-order valence-corrected chi connectivity index (χ0v) is 13.2. The molecule has 22 heavy (non-hydrogen) atoms. The summed E-state index contributed by atoms with van der Waals surface area (Å²) in [5.41, 5.74) is 0.352. The third-order valence-corrected chi connectivity index (χ3v) is 4.52. The van der Waals surface area contributed by atoms with Gasteiger partial charge in [0.05, 0.1) is 11.6 Å². The third-order valence-electron chi connectivity index (χ3n) is 4.52. The van der Waals surface area contributed by atoms with Crippen molar-refractivity contribution in [1.29, 1.82) is 0 Å². The highest BCUT2D eigenvalue weighted by Crippen LogP contribution is 2.35. The number of carboxylic acid groups (broad SMARTS) is 1. The van der Waals surface area contributed by atoms with Crippen molar-refractivity contribution in [1.82, 2.24) is 15.1 Å². The average Bonchev–Trinajstić information content (AvgIpc) is 3.01. The van der Waals surface area contributed by atoms with Gasteiger partial charge in [-0.2, -0.15) is 5.10 Å². The van der Waals surface area contributed by atoms with Gasteiger partial charge in [0, 0.05) is 25.7 Å². The second-order valence-electron chi connectivity index (χ2n) is 6.21. The van der Waals surface area contributed by atoms with Crippen LogP contribution in [0, 0.1) is 5.41 Å². The first-order valence-corrected chi connectivity index (χ1v) is 8.06. The smallest absolute Gasteiger partial charge is 0.311 e. The molecule has 1 atom stereocenters. The molecular formula is C16H25N3O3. The number of nitrogens with zero attached hydrogens (tertiary/aromatic N) is 2. The molecule has 2 rings (SSSR count). The van der Waals surface area contributed by atoms with Gasteiger partial charge >= 0.3 is 5.97 Å². The van der Waals surface area contributed by atoms with Gasteiger partial charge in [0.2, 0.25) is 5.91 Å². The molecule has 0 aromatic carbocycles. The molecule has 122 valence electrons. The first-order chi connectivity index (χ1) is 10.6. The van der Waals surface area contributed by atoms with Gasteiger partial charge in [-0.25, -0.2) is 0 Å². The normalized spacial score (nSPS) is 21.8. The minimum absolute atomic E-state index is 0.0740. The summed E-state index contributed by atoms with van der Waals surface area (Å²) in [5, 5.41) is 16.2. The molecule has 0 aliphatic carbocycles. The molecule has 1 amide bonds. The number of amides is 1. The molecule has 1 aliphatic rings. The zero-order valence-electron chi connectivity index (χ0n) is 13.2. The number of carbonyl (C=O) groups excluding carboxylic acids is 1. The number of hydrogen-bond donors (Lipinski definition) is 2. The molecule has 1 saturated heterocycles. The number of aliphatic carboxylic acids is 1. The van der Waals surface area contributed by atoms with Crippen molar-refractivity contribution in [2.75, 3.05) is 13.1 Å². The van der Waals surface area contributed by atoms with Crippen LogP contribution in [-0.2, 0) is 16.0 Å². The molecule has 1 aromatic rings. The Balaban J connectivity index is 1.87. The van der Waals surface area contributed by atoms with E-state index in [0.29, 0.717) is 32.4 Å². The number of carbonyl (C=O) groups is 2. The molecule has 1 aromatic heterocycles. The number of aromatic nitrogens is 2. The van der Waals surface area contributed by atoms with E-state index in [-0.39, 0.29) is 5.91 Å². The van der Waals surface area contributed by atoms with Crippen LogP contribution in [0.15, 0.2) is 12.4 Å². The predicted molar refractivity (Wildman–Crippen MR) is 82.3 cm³/mol. The van der Waals surface area contributed by atoms with Gasteiger partial charge in [0.1, 0.15) is 0 Å². The first kappa shape index (κ1) is 16.5. The van der Waals surface area contributed by atoms with Gasteiger partial charge in [-0.3, -0.25) is 14.7 Å². The highest BCUT2D eigenvalue weighted by molar-refractivity contribution is 5.79. The summed E-state index contributed by atoms with van der Waals surface area (Å²) < 4.78 is 0. The Morgan fingerprint density at radius 1 is 1.50 bits per heavy atom. The van der Waals surface area contributed by atoms with E-state index in [1.165, 1.54) is 0 Å². The third kappa shape index (κ3) is 3.87. The van der Waals surface area contributed by atoms with Crippen LogP contribution < -0.4 is 0 Å². The molecule has 0 spiro atoms. The first-order valence-electron chi connectivity index (χ1n) is 8.06. The number of piperidine rings is 1. The van der Waals surface area contributed by atoms with Gasteiger partial charge in [-0.05, 0) is 37.7 Å². The highest BCUT2D eigenvalue weighted by atomic mass is 16.4. The molecule has 6 heteroatoms. The van der Waals surface area contributed by atoms with Crippen molar-refractivity contribution in [2.24, 2.45) is 5.41 Å². The van der Waals surface area contributed by atoms with Crippen LogP contribution in [0.3, 0.4) is 0 Å². The monoisotopic (exact) mass is 307 g/mol. The summed E-state index contributed by atoms with van der Waals surface area (Å²) in [7, 11) is 0. The maximum Gasteiger partial charge on any atom is 0.311 e. The topological polar surface area (TPSA) is 86.3 Å². The molecule has 1 fully saturated rings. The summed E-state index contributed by atoms with van der Waals surface area (Å²) in [6.45, 7) is 3.04. The van der Waals surface area contributed by atoms with E-state index in [4.69, 9.17) is 0 Å². The number of aromatic amines is 1. The lowest BCUT2D eigenvalue weighted by Gasteiger charge is -2.40. The molecule has 0 unspecified atom stereocenters. The van der Waals surface area contributed by atoms with Gasteiger partial charge in [0.25, 0.3) is 0 Å². The lowest BCUT2D eigenvalue weighted by molar-refractivity contribution is -0.155. The van der Waals surface area contributed by atoms with Gasteiger partial charge in [-0.1, -0.05) is 13.3 Å². The van der Waals surface area contributed by atoms with E-state index in [1.54, 1.807) is 11.1 Å². The lowest BCUT2D eigenvalue weighted by Crippen LogP contribution is -2.49. The van der Waals surface area contributed by atoms with E-state index in [9.17, 15) is 14.7 Å². The Labute approximate surface area is 130 Å². The van der Waals surface area contributed by atoms with Crippen LogP contribution in [0.4, 0.5) is 0 Å². The summed E-state index contributed by atoms with van der Waals surface area (Å²) in [6, 6.07) is 0. The maximum atomic E-state index is 12.4. The molecule has 2 heterocycles. The van der Waals surface area contributed by atoms with Crippen LogP contribution in [-0.4, -0.2) is 45.2 Å². The lowest BCUT2D eigenvalue weighted by atomic mass is 9.76. The Morgan fingerprint density at radius 2 is 2.32 bits per heavy atom. The van der Waals surface area contributed by atoms with Crippen molar-refractivity contribution in [3.05, 3.63) is 18.0 Å². The SMILES string of the molecule is CCC[C@]1(C(=O)O)CCCN(C(=O)CCCc2cn[nH]c2)C1. The van der Waals surface area contributed by atoms with Crippen LogP contribution >= 0.6 is 0 Å². The number of aryl methyl sites for hydroxylation is 1. The summed E-state index contributed by atoms with van der Waals surface area (Å²) in [6.07, 6.45) is 8.57. The average molecular weight is 307 g/mol. The number of hydrogen-bond acceptors (Lipinski definition) is 3. The summed E-state index contributed by atoms with van der Waals surface area (Å²) in [5.74, 6) is -0.685. The number of H-pyrrole nitrogens is 1. The standard InChI is InChI=1S/C16H25N3O3/c1-2-7-16(15(21)22)8-4-9-19(12-16)14(20)6-3-5-13-10-17-18-11-13/h10-11H,2-9,12H2,1H3,(H,17,18)(H,21,22)/t16-/m0/s1. The van der Waals surface area contributed by atoms with E-state index in [2.05, 4.69) is 10.2 Å². The Hall–Kier alpha value is -1.85. The molecule has 0 bridgehead atoms. The van der Waals surface area contributed by atoms with Crippen LogP contribution in [0.5, 0.6) is 0 Å². The van der Waals surface area contributed by atoms with Crippen molar-refractivity contribution >= 4 is 11.9 Å². The number of nitrogens with one attached hydrogen (secondary N) is 1. The number of likely N-dealkylation sites (tertiary alicyclic amines) is 1. The van der Waals surface area contributed by atoms with Gasteiger partial charge in [0.15, 0.2) is 0 Å². The summed E-state index contributed by atoms with van der Waals surface area (Å²) in [4.78, 5) is 25.8. The largest absolute Gasteiger partial charge is 0.481 e. The van der Waals surface area contributed by atoms with Crippen molar-refractivity contribution < 1.29 is 14.7 Å². The molecule has 0 radical (unpaired) electrons. The second kappa shape index (κ2) is 7.42. The van der Waals surface area contributed by atoms with Crippen molar-refractivity contribution in [3.63, 3.8) is 0 Å². The van der Waals surface area contributed by atoms with E-state index in [1.807, 2.05) is 13.1 Å². The fourth-order valence-electron chi connectivity index (χ4n) is 3.32. The maximum absolute atomic E-state index is 12.4. The van der Waals surface area contributed by atoms with Crippen LogP contribution in [0.25, 0.3) is 0 Å². The van der Waals surface area contributed by atoms with Crippen LogP contribution in [0.1, 0.15) is 51.0 Å². The minimum Gasteiger partial charge on any atom is -0.481 e. The molecule has 1 aliphatic heterocycles. The number of carboxylic acids is 1. The Morgan fingerprint density at radius 3 is 2.95 bits per heavy atom. The van der Waals surface area contributed by atoms with E-state index in [0.717, 1.165) is 31.2 Å². The second-order valence-corrected chi connectivity index (χ2v) is 6.21. The molecule has 0 saturated carbocycles. The van der Waals surface area contributed by atoms with Gasteiger partial charge in [-0.15, -0.1) is 0 Å². The minimum atomic E-state index is -0.759. The fourth-order valence-corrected chi connectivity index (χ4v) is 3.32. The van der Waals surface area contributed by atoms with Gasteiger partial charge < -0.3 is 10.0 Å².